The van der Waals surface area contributed by atoms with Gasteiger partial charge in [-0.15, -0.1) is 0 Å². The summed E-state index contributed by atoms with van der Waals surface area (Å²) in [5, 5.41) is 3.41. The molecule has 0 radical (unpaired) electrons. The van der Waals surface area contributed by atoms with Crippen molar-refractivity contribution in [1.29, 1.82) is 0 Å². The fourth-order valence-electron chi connectivity index (χ4n) is 1.77. The molecular formula is C10H10N4O2. The predicted octanol–water partition coefficient (Wildman–Crippen LogP) is -1.08. The molecule has 82 valence electrons. The van der Waals surface area contributed by atoms with Crippen LogP contribution in [0.5, 0.6) is 0 Å². The highest BCUT2D eigenvalue weighted by Crippen LogP contribution is 2.02. The zero-order valence-corrected chi connectivity index (χ0v) is 8.73. The minimum Gasteiger partial charge on any atom is -0.497 e. The minimum atomic E-state index is -0.297. The van der Waals surface area contributed by atoms with Crippen LogP contribution in [0.25, 0.3) is 6.26 Å². The first-order valence-corrected chi connectivity index (χ1v) is 5.00. The quantitative estimate of drug-likeness (QED) is 0.601. The number of hydrogen-bond acceptors (Lipinski definition) is 5. The van der Waals surface area contributed by atoms with E-state index in [2.05, 4.69) is 15.3 Å². The standard InChI is InChI=1S/C10H10N4O2/c1-6-4-11-8-9(12-6)14-2-3-16-5-7(14)10(15)13-8/h4-5H,2-3H2,1H3,(H,11,13,15). The van der Waals surface area contributed by atoms with E-state index in [0.717, 1.165) is 5.70 Å². The number of allylic oxidation sites excluding steroid dienone is 1. The number of nitrogens with zero attached hydrogens (tertiary/aromatic N) is 3. The number of fused-ring (bicyclic) bond motifs is 3. The summed E-state index contributed by atoms with van der Waals surface area (Å²) in [7, 11) is 0. The zero-order chi connectivity index (χ0) is 11.1. The molecule has 0 fully saturated rings. The Labute approximate surface area is 90.6 Å². The molecule has 0 bridgehead atoms. The maximum atomic E-state index is 11.7. The van der Waals surface area contributed by atoms with E-state index in [1.54, 1.807) is 6.20 Å². The second kappa shape index (κ2) is 3.19. The van der Waals surface area contributed by atoms with Crippen molar-refractivity contribution >= 4 is 12.1 Å². The number of hydrogen-bond donors (Lipinski definition) is 1. The summed E-state index contributed by atoms with van der Waals surface area (Å²) >= 11 is 0. The van der Waals surface area contributed by atoms with Crippen molar-refractivity contribution in [2.45, 2.75) is 13.5 Å². The third-order valence-corrected chi connectivity index (χ3v) is 2.52. The molecule has 1 aromatic heterocycles. The van der Waals surface area contributed by atoms with Crippen LogP contribution in [-0.4, -0.2) is 16.2 Å². The highest BCUT2D eigenvalue weighted by Gasteiger charge is 2.13. The van der Waals surface area contributed by atoms with Gasteiger partial charge < -0.3 is 14.6 Å². The number of nitrogens with one attached hydrogen (secondary N) is 1. The normalized spacial score (nSPS) is 16.7. The largest absolute Gasteiger partial charge is 0.497 e. The molecule has 1 aromatic rings. The number of ether oxygens (including phenoxy) is 1. The first-order chi connectivity index (χ1) is 7.75. The van der Waals surface area contributed by atoms with Crippen LogP contribution < -0.4 is 21.7 Å². The molecule has 2 aliphatic heterocycles. The van der Waals surface area contributed by atoms with E-state index in [9.17, 15) is 4.79 Å². The van der Waals surface area contributed by atoms with Gasteiger partial charge in [-0.1, -0.05) is 0 Å². The van der Waals surface area contributed by atoms with Gasteiger partial charge in [0.2, 0.25) is 0 Å². The highest BCUT2D eigenvalue weighted by molar-refractivity contribution is 5.39. The smallest absolute Gasteiger partial charge is 0.298 e. The summed E-state index contributed by atoms with van der Waals surface area (Å²) in [6.45, 7) is 3.05. The lowest BCUT2D eigenvalue weighted by Gasteiger charge is -2.16. The minimum absolute atomic E-state index is 0.297. The Bertz CT molecular complexity index is 657. The summed E-state index contributed by atoms with van der Waals surface area (Å²) in [5.74, 6) is 0.509. The fraction of sp³-hybridized carbons (Fsp3) is 0.300. The third kappa shape index (κ3) is 1.23. The Hall–Kier alpha value is -2.11. The van der Waals surface area contributed by atoms with Gasteiger partial charge in [0.05, 0.1) is 12.2 Å². The van der Waals surface area contributed by atoms with E-state index >= 15 is 0 Å². The lowest BCUT2D eigenvalue weighted by molar-refractivity contribution is 0.251. The van der Waals surface area contributed by atoms with Gasteiger partial charge in [-0.25, -0.2) is 4.99 Å². The first kappa shape index (κ1) is 9.14. The summed E-state index contributed by atoms with van der Waals surface area (Å²) in [5.41, 5.74) is 1.25. The maximum Gasteiger partial charge on any atom is 0.298 e. The van der Waals surface area contributed by atoms with Crippen LogP contribution >= 0.6 is 0 Å². The molecule has 0 unspecified atom stereocenters. The Kier molecular flexibility index (Phi) is 1.82. The number of anilines is 1. The Balaban J connectivity index is 2.46. The molecule has 1 N–H and O–H groups in total. The third-order valence-electron chi connectivity index (χ3n) is 2.52. The maximum absolute atomic E-state index is 11.7. The van der Waals surface area contributed by atoms with Crippen molar-refractivity contribution in [2.75, 3.05) is 11.9 Å². The van der Waals surface area contributed by atoms with E-state index in [1.807, 2.05) is 11.5 Å². The summed E-state index contributed by atoms with van der Waals surface area (Å²) in [6, 6.07) is 0. The Morgan fingerprint density at radius 3 is 3.31 bits per heavy atom. The molecule has 0 atom stereocenters. The molecule has 3 rings (SSSR count). The second-order valence-electron chi connectivity index (χ2n) is 3.66. The molecule has 0 aliphatic carbocycles. The van der Waals surface area contributed by atoms with Crippen molar-refractivity contribution in [3.05, 3.63) is 33.1 Å². The van der Waals surface area contributed by atoms with Crippen LogP contribution in [0.1, 0.15) is 6.92 Å². The molecule has 16 heavy (non-hydrogen) atoms. The second-order valence-corrected chi connectivity index (χ2v) is 3.66. The molecule has 2 aliphatic rings. The number of aromatic nitrogens is 2. The van der Waals surface area contributed by atoms with Gasteiger partial charge in [0.1, 0.15) is 18.2 Å². The fourth-order valence-corrected chi connectivity index (χ4v) is 1.77. The van der Waals surface area contributed by atoms with E-state index in [0.29, 0.717) is 29.8 Å². The molecular weight excluding hydrogens is 208 g/mol. The predicted molar refractivity (Wildman–Crippen MR) is 57.1 cm³/mol. The summed E-state index contributed by atoms with van der Waals surface area (Å²) in [6.07, 6.45) is 3.17. The van der Waals surface area contributed by atoms with E-state index < -0.39 is 0 Å². The highest BCUT2D eigenvalue weighted by atomic mass is 16.5. The van der Waals surface area contributed by atoms with Crippen LogP contribution in [0, 0.1) is 0 Å². The van der Waals surface area contributed by atoms with Crippen LogP contribution in [0.2, 0.25) is 0 Å². The van der Waals surface area contributed by atoms with Gasteiger partial charge in [-0.05, 0) is 6.92 Å². The molecule has 0 amide bonds. The molecule has 6 nitrogen and oxygen atoms in total. The molecule has 0 aromatic carbocycles. The SMILES string of the molecule is CC1=CNc2nc(=O)c3n(c2=N1)CCOC=3. The average Bonchev–Trinajstić information content (AvgIpc) is 2.31. The lowest BCUT2D eigenvalue weighted by Crippen LogP contribution is -2.49. The molecule has 3 heterocycles. The van der Waals surface area contributed by atoms with Gasteiger partial charge in [-0.2, -0.15) is 4.98 Å². The van der Waals surface area contributed by atoms with Gasteiger partial charge >= 0.3 is 0 Å². The first-order valence-electron chi connectivity index (χ1n) is 5.00. The zero-order valence-electron chi connectivity index (χ0n) is 8.73. The Morgan fingerprint density at radius 1 is 1.56 bits per heavy atom. The van der Waals surface area contributed by atoms with E-state index in [1.165, 1.54) is 6.26 Å². The summed E-state index contributed by atoms with van der Waals surface area (Å²) < 4.78 is 6.96. The van der Waals surface area contributed by atoms with Crippen molar-refractivity contribution in [3.63, 3.8) is 0 Å². The lowest BCUT2D eigenvalue weighted by atomic mass is 10.4. The van der Waals surface area contributed by atoms with E-state index in [4.69, 9.17) is 4.74 Å². The molecule has 0 spiro atoms. The van der Waals surface area contributed by atoms with Crippen molar-refractivity contribution in [3.8, 4) is 0 Å². The van der Waals surface area contributed by atoms with Crippen molar-refractivity contribution in [1.82, 2.24) is 9.55 Å². The molecule has 0 saturated carbocycles. The van der Waals surface area contributed by atoms with Gasteiger partial charge in [0.15, 0.2) is 11.3 Å². The van der Waals surface area contributed by atoms with Crippen LogP contribution in [0.3, 0.4) is 0 Å². The summed E-state index contributed by atoms with van der Waals surface area (Å²) in [4.78, 5) is 20.0. The van der Waals surface area contributed by atoms with Crippen LogP contribution in [0.4, 0.5) is 5.82 Å². The Morgan fingerprint density at radius 2 is 2.44 bits per heavy atom. The average molecular weight is 218 g/mol. The van der Waals surface area contributed by atoms with Crippen LogP contribution in [-0.2, 0) is 11.3 Å². The van der Waals surface area contributed by atoms with Crippen molar-refractivity contribution in [2.24, 2.45) is 4.99 Å². The topological polar surface area (TPSA) is 68.5 Å². The van der Waals surface area contributed by atoms with E-state index in [-0.39, 0.29) is 5.56 Å². The van der Waals surface area contributed by atoms with Crippen molar-refractivity contribution < 1.29 is 4.74 Å². The number of rotatable bonds is 0. The van der Waals surface area contributed by atoms with Crippen LogP contribution in [0.15, 0.2) is 21.7 Å². The molecule has 0 saturated heterocycles. The van der Waals surface area contributed by atoms with Gasteiger partial charge in [-0.3, -0.25) is 4.79 Å². The monoisotopic (exact) mass is 218 g/mol. The molecule has 6 heteroatoms. The van der Waals surface area contributed by atoms with Gasteiger partial charge in [0.25, 0.3) is 5.56 Å². The van der Waals surface area contributed by atoms with Gasteiger partial charge in [0, 0.05) is 6.20 Å².